The summed E-state index contributed by atoms with van der Waals surface area (Å²) in [5.74, 6) is 1.07. The van der Waals surface area contributed by atoms with Crippen LogP contribution in [0.15, 0.2) is 16.7 Å². The molecule has 0 radical (unpaired) electrons. The summed E-state index contributed by atoms with van der Waals surface area (Å²) in [6.45, 7) is 14.5. The highest BCUT2D eigenvalue weighted by Gasteiger charge is 2.23. The minimum Gasteiger partial charge on any atom is -0.468 e. The predicted molar refractivity (Wildman–Crippen MR) is 80.6 cm³/mol. The van der Waals surface area contributed by atoms with Gasteiger partial charge in [0.05, 0.1) is 25.0 Å². The Morgan fingerprint density at radius 2 is 1.90 bits per heavy atom. The van der Waals surface area contributed by atoms with Crippen molar-refractivity contribution in [2.45, 2.75) is 65.5 Å². The van der Waals surface area contributed by atoms with E-state index < -0.39 is 0 Å². The van der Waals surface area contributed by atoms with Crippen molar-refractivity contribution in [1.29, 1.82) is 0 Å². The lowest BCUT2D eigenvalue weighted by Crippen LogP contribution is -2.45. The van der Waals surface area contributed by atoms with Crippen LogP contribution in [0.1, 0.15) is 45.9 Å². The molecule has 0 aromatic carbocycles. The summed E-state index contributed by atoms with van der Waals surface area (Å²) in [4.78, 5) is 2.41. The van der Waals surface area contributed by atoms with Crippen molar-refractivity contribution < 1.29 is 9.15 Å². The third kappa shape index (κ3) is 4.62. The van der Waals surface area contributed by atoms with Crippen molar-refractivity contribution in [3.05, 3.63) is 23.7 Å². The summed E-state index contributed by atoms with van der Waals surface area (Å²) >= 11 is 0. The van der Waals surface area contributed by atoms with Crippen molar-refractivity contribution in [2.75, 3.05) is 13.1 Å². The average molecular weight is 280 g/mol. The van der Waals surface area contributed by atoms with E-state index in [4.69, 9.17) is 9.15 Å². The molecule has 0 saturated carbocycles. The third-order valence-corrected chi connectivity index (χ3v) is 3.51. The summed E-state index contributed by atoms with van der Waals surface area (Å²) < 4.78 is 11.5. The maximum absolute atomic E-state index is 5.77. The van der Waals surface area contributed by atoms with Crippen LogP contribution in [0.3, 0.4) is 0 Å². The molecule has 2 unspecified atom stereocenters. The Bertz CT molecular complexity index is 412. The zero-order valence-electron chi connectivity index (χ0n) is 13.4. The first-order valence-corrected chi connectivity index (χ1v) is 7.51. The van der Waals surface area contributed by atoms with Crippen molar-refractivity contribution >= 4 is 0 Å². The summed E-state index contributed by atoms with van der Waals surface area (Å²) in [5.41, 5.74) is 1.38. The Morgan fingerprint density at radius 1 is 1.25 bits per heavy atom. The molecule has 1 fully saturated rings. The number of rotatable bonds is 4. The molecule has 2 heterocycles. The van der Waals surface area contributed by atoms with Gasteiger partial charge in [0.1, 0.15) is 5.76 Å². The van der Waals surface area contributed by atoms with Crippen LogP contribution in [0.4, 0.5) is 0 Å². The van der Waals surface area contributed by atoms with Crippen molar-refractivity contribution in [3.63, 3.8) is 0 Å². The molecule has 0 bridgehead atoms. The molecule has 2 atom stereocenters. The minimum absolute atomic E-state index is 0.122. The van der Waals surface area contributed by atoms with Crippen LogP contribution in [-0.2, 0) is 17.8 Å². The molecule has 0 spiro atoms. The Morgan fingerprint density at radius 3 is 2.50 bits per heavy atom. The van der Waals surface area contributed by atoms with Crippen LogP contribution in [0, 0.1) is 0 Å². The molecule has 1 N–H and O–H groups in total. The van der Waals surface area contributed by atoms with E-state index in [2.05, 4.69) is 50.9 Å². The lowest BCUT2D eigenvalue weighted by molar-refractivity contribution is -0.0719. The number of hydrogen-bond donors (Lipinski definition) is 1. The molecule has 1 aromatic rings. The van der Waals surface area contributed by atoms with Crippen molar-refractivity contribution in [1.82, 2.24) is 10.2 Å². The second-order valence-corrected chi connectivity index (χ2v) is 6.92. The molecule has 1 aromatic heterocycles. The monoisotopic (exact) mass is 280 g/mol. The van der Waals surface area contributed by atoms with Gasteiger partial charge in [-0.2, -0.15) is 0 Å². The lowest BCUT2D eigenvalue weighted by Gasteiger charge is -2.35. The number of ether oxygens (including phenoxy) is 1. The summed E-state index contributed by atoms with van der Waals surface area (Å²) in [7, 11) is 0. The number of hydrogen-bond acceptors (Lipinski definition) is 4. The van der Waals surface area contributed by atoms with Gasteiger partial charge in [0, 0.05) is 30.7 Å². The van der Waals surface area contributed by atoms with Gasteiger partial charge in [0.15, 0.2) is 0 Å². The zero-order valence-corrected chi connectivity index (χ0v) is 13.4. The van der Waals surface area contributed by atoms with Crippen LogP contribution < -0.4 is 5.32 Å². The number of morpholine rings is 1. The second-order valence-electron chi connectivity index (χ2n) is 6.92. The van der Waals surface area contributed by atoms with E-state index in [1.165, 1.54) is 5.56 Å². The van der Waals surface area contributed by atoms with Crippen LogP contribution in [0.25, 0.3) is 0 Å². The largest absolute Gasteiger partial charge is 0.468 e. The van der Waals surface area contributed by atoms with Crippen LogP contribution in [0.5, 0.6) is 0 Å². The Hall–Kier alpha value is -0.840. The molecule has 1 aliphatic rings. The molecule has 4 nitrogen and oxygen atoms in total. The molecule has 2 rings (SSSR count). The van der Waals surface area contributed by atoms with E-state index in [1.807, 2.05) is 0 Å². The maximum atomic E-state index is 5.77. The van der Waals surface area contributed by atoms with Gasteiger partial charge in [-0.25, -0.2) is 0 Å². The first kappa shape index (κ1) is 15.5. The van der Waals surface area contributed by atoms with Gasteiger partial charge in [-0.3, -0.25) is 4.90 Å². The van der Waals surface area contributed by atoms with Gasteiger partial charge in [-0.15, -0.1) is 0 Å². The highest BCUT2D eigenvalue weighted by atomic mass is 16.5. The van der Waals surface area contributed by atoms with Gasteiger partial charge in [-0.1, -0.05) is 0 Å². The van der Waals surface area contributed by atoms with Gasteiger partial charge < -0.3 is 14.5 Å². The normalized spacial score (nSPS) is 25.1. The lowest BCUT2D eigenvalue weighted by atomic mass is 10.1. The molecular formula is C16H28N2O2. The van der Waals surface area contributed by atoms with Gasteiger partial charge >= 0.3 is 0 Å². The topological polar surface area (TPSA) is 37.6 Å². The fraction of sp³-hybridized carbons (Fsp3) is 0.750. The Kier molecular flexibility index (Phi) is 4.89. The molecule has 0 amide bonds. The number of nitrogens with zero attached hydrogens (tertiary/aromatic N) is 1. The van der Waals surface area contributed by atoms with E-state index in [0.29, 0.717) is 12.2 Å². The molecular weight excluding hydrogens is 252 g/mol. The molecule has 114 valence electrons. The summed E-state index contributed by atoms with van der Waals surface area (Å²) in [6, 6.07) is 2.07. The average Bonchev–Trinajstić information content (AvgIpc) is 2.71. The predicted octanol–water partition coefficient (Wildman–Crippen LogP) is 2.78. The highest BCUT2D eigenvalue weighted by molar-refractivity contribution is 5.17. The first-order valence-electron chi connectivity index (χ1n) is 7.51. The first-order chi connectivity index (χ1) is 9.33. The fourth-order valence-electron chi connectivity index (χ4n) is 2.64. The molecule has 0 aliphatic carbocycles. The summed E-state index contributed by atoms with van der Waals surface area (Å²) in [5, 5.41) is 3.52. The molecule has 20 heavy (non-hydrogen) atoms. The van der Waals surface area contributed by atoms with E-state index in [-0.39, 0.29) is 5.54 Å². The maximum Gasteiger partial charge on any atom is 0.122 e. The van der Waals surface area contributed by atoms with Crippen LogP contribution >= 0.6 is 0 Å². The SMILES string of the molecule is CC1CN(Cc2occc2CNC(C)(C)C)CC(C)O1. The van der Waals surface area contributed by atoms with Crippen LogP contribution in [0.2, 0.25) is 0 Å². The Labute approximate surface area is 122 Å². The molecule has 1 aliphatic heterocycles. The zero-order chi connectivity index (χ0) is 14.8. The molecule has 1 saturated heterocycles. The van der Waals surface area contributed by atoms with Crippen LogP contribution in [-0.4, -0.2) is 35.7 Å². The van der Waals surface area contributed by atoms with E-state index in [1.54, 1.807) is 6.26 Å². The Balaban J connectivity index is 1.94. The van der Waals surface area contributed by atoms with E-state index in [9.17, 15) is 0 Å². The number of furan rings is 1. The van der Waals surface area contributed by atoms with Gasteiger partial charge in [0.2, 0.25) is 0 Å². The van der Waals surface area contributed by atoms with Crippen molar-refractivity contribution in [2.24, 2.45) is 0 Å². The minimum atomic E-state index is 0.122. The van der Waals surface area contributed by atoms with Gasteiger partial charge in [0.25, 0.3) is 0 Å². The second kappa shape index (κ2) is 6.29. The highest BCUT2D eigenvalue weighted by Crippen LogP contribution is 2.18. The van der Waals surface area contributed by atoms with E-state index in [0.717, 1.165) is 31.9 Å². The van der Waals surface area contributed by atoms with Crippen molar-refractivity contribution in [3.8, 4) is 0 Å². The quantitative estimate of drug-likeness (QED) is 0.920. The smallest absolute Gasteiger partial charge is 0.122 e. The van der Waals surface area contributed by atoms with Gasteiger partial charge in [-0.05, 0) is 40.7 Å². The summed E-state index contributed by atoms with van der Waals surface area (Å²) in [6.07, 6.45) is 2.39. The number of nitrogens with one attached hydrogen (secondary N) is 1. The third-order valence-electron chi connectivity index (χ3n) is 3.51. The molecule has 4 heteroatoms. The standard InChI is InChI=1S/C16H28N2O2/c1-12-9-18(10-13(2)20-12)11-15-14(6-7-19-15)8-17-16(3,4)5/h6-7,12-13,17H,8-11H2,1-5H3. The van der Waals surface area contributed by atoms with E-state index >= 15 is 0 Å². The fourth-order valence-corrected chi connectivity index (χ4v) is 2.64.